The Balaban J connectivity index is 0.00000225. The number of halogens is 1. The number of piperazine rings is 1. The molecule has 0 bridgehead atoms. The minimum absolute atomic E-state index is 0. The molecule has 1 amide bonds. The number of rotatable bonds is 5. The number of carbonyl (C=O) groups excluding carboxylic acids is 1. The van der Waals surface area contributed by atoms with Crippen molar-refractivity contribution in [3.05, 3.63) is 18.2 Å². The smallest absolute Gasteiger partial charge is 0.237 e. The van der Waals surface area contributed by atoms with Crippen LogP contribution in [0.15, 0.2) is 12.4 Å². The molecule has 1 atom stereocenters. The van der Waals surface area contributed by atoms with Gasteiger partial charge in [0.25, 0.3) is 0 Å². The lowest BCUT2D eigenvalue weighted by Crippen LogP contribution is -2.53. The summed E-state index contributed by atoms with van der Waals surface area (Å²) < 4.78 is 2.06. The second kappa shape index (κ2) is 9.01. The Kier molecular flexibility index (Phi) is 7.28. The lowest BCUT2D eigenvalue weighted by atomic mass is 10.1. The van der Waals surface area contributed by atoms with Crippen LogP contribution >= 0.6 is 12.4 Å². The van der Waals surface area contributed by atoms with E-state index in [0.29, 0.717) is 12.6 Å². The quantitative estimate of drug-likeness (QED) is 0.862. The van der Waals surface area contributed by atoms with E-state index in [4.69, 9.17) is 0 Å². The Labute approximate surface area is 157 Å². The van der Waals surface area contributed by atoms with Gasteiger partial charge in [0.05, 0.1) is 12.6 Å². The average Bonchev–Trinajstić information content (AvgIpc) is 3.19. The van der Waals surface area contributed by atoms with Gasteiger partial charge in [0.15, 0.2) is 0 Å². The van der Waals surface area contributed by atoms with Crippen molar-refractivity contribution < 1.29 is 4.79 Å². The van der Waals surface area contributed by atoms with Crippen molar-refractivity contribution in [3.8, 4) is 0 Å². The molecule has 25 heavy (non-hydrogen) atoms. The van der Waals surface area contributed by atoms with Crippen LogP contribution in [-0.4, -0.2) is 63.5 Å². The molecule has 1 unspecified atom stereocenters. The zero-order chi connectivity index (χ0) is 17.1. The summed E-state index contributed by atoms with van der Waals surface area (Å²) in [4.78, 5) is 22.0. The lowest BCUT2D eigenvalue weighted by Gasteiger charge is -2.39. The first kappa shape index (κ1) is 20.2. The second-order valence-electron chi connectivity index (χ2n) is 7.42. The molecule has 142 valence electrons. The van der Waals surface area contributed by atoms with E-state index in [1.54, 1.807) is 0 Å². The highest BCUT2D eigenvalue weighted by Gasteiger charge is 2.33. The van der Waals surface area contributed by atoms with Crippen LogP contribution in [-0.2, 0) is 11.8 Å². The SMILES string of the molecule is CC(C)N(C(=O)CN1CCNCC1c1nccn1C)C1CCCC1.Cl. The summed E-state index contributed by atoms with van der Waals surface area (Å²) in [5, 5.41) is 3.44. The summed E-state index contributed by atoms with van der Waals surface area (Å²) in [6.07, 6.45) is 8.64. The van der Waals surface area contributed by atoms with Gasteiger partial charge in [-0.1, -0.05) is 12.8 Å². The van der Waals surface area contributed by atoms with E-state index in [9.17, 15) is 4.79 Å². The third-order valence-corrected chi connectivity index (χ3v) is 5.41. The highest BCUT2D eigenvalue weighted by molar-refractivity contribution is 5.85. The van der Waals surface area contributed by atoms with Crippen LogP contribution < -0.4 is 5.32 Å². The van der Waals surface area contributed by atoms with Gasteiger partial charge in [0.1, 0.15) is 5.82 Å². The lowest BCUT2D eigenvalue weighted by molar-refractivity contribution is -0.137. The first-order chi connectivity index (χ1) is 11.6. The van der Waals surface area contributed by atoms with Crippen molar-refractivity contribution >= 4 is 18.3 Å². The number of amides is 1. The van der Waals surface area contributed by atoms with Crippen molar-refractivity contribution in [1.82, 2.24) is 24.7 Å². The van der Waals surface area contributed by atoms with Crippen molar-refractivity contribution in [1.29, 1.82) is 0 Å². The van der Waals surface area contributed by atoms with E-state index in [-0.39, 0.29) is 30.4 Å². The zero-order valence-corrected chi connectivity index (χ0v) is 16.5. The van der Waals surface area contributed by atoms with Crippen LogP contribution in [0.1, 0.15) is 51.4 Å². The Morgan fingerprint density at radius 3 is 2.72 bits per heavy atom. The molecule has 7 heteroatoms. The van der Waals surface area contributed by atoms with Gasteiger partial charge in [0.2, 0.25) is 5.91 Å². The zero-order valence-electron chi connectivity index (χ0n) is 15.6. The van der Waals surface area contributed by atoms with E-state index in [2.05, 4.69) is 38.5 Å². The number of imidazole rings is 1. The number of nitrogens with zero attached hydrogens (tertiary/aromatic N) is 4. The molecule has 2 aliphatic rings. The molecule has 1 aromatic heterocycles. The molecule has 1 N–H and O–H groups in total. The van der Waals surface area contributed by atoms with Gasteiger partial charge in [-0.05, 0) is 26.7 Å². The molecule has 1 saturated carbocycles. The number of aryl methyl sites for hydroxylation is 1. The summed E-state index contributed by atoms with van der Waals surface area (Å²) in [5.74, 6) is 1.31. The van der Waals surface area contributed by atoms with Gasteiger partial charge in [-0.2, -0.15) is 0 Å². The molecular weight excluding hydrogens is 338 g/mol. The highest BCUT2D eigenvalue weighted by Crippen LogP contribution is 2.26. The standard InChI is InChI=1S/C18H31N5O.ClH/c1-14(2)23(15-6-4-5-7-15)17(24)13-22-11-8-19-12-16(22)18-20-9-10-21(18)3;/h9-10,14-16,19H,4-8,11-13H2,1-3H3;1H. The molecule has 0 radical (unpaired) electrons. The molecule has 3 rings (SSSR count). The summed E-state index contributed by atoms with van der Waals surface area (Å²) >= 11 is 0. The maximum atomic E-state index is 13.1. The molecule has 2 heterocycles. The molecule has 0 aromatic carbocycles. The maximum Gasteiger partial charge on any atom is 0.237 e. The van der Waals surface area contributed by atoms with Gasteiger partial charge >= 0.3 is 0 Å². The molecule has 1 saturated heterocycles. The molecule has 1 aliphatic carbocycles. The summed E-state index contributed by atoms with van der Waals surface area (Å²) in [7, 11) is 2.02. The number of nitrogens with one attached hydrogen (secondary N) is 1. The van der Waals surface area contributed by atoms with E-state index in [1.807, 2.05) is 19.4 Å². The molecule has 1 aliphatic heterocycles. The molecule has 1 aromatic rings. The molecule has 2 fully saturated rings. The van der Waals surface area contributed by atoms with E-state index < -0.39 is 0 Å². The van der Waals surface area contributed by atoms with Crippen LogP contribution in [0.2, 0.25) is 0 Å². The fourth-order valence-corrected chi connectivity index (χ4v) is 4.24. The van der Waals surface area contributed by atoms with Crippen LogP contribution in [0.25, 0.3) is 0 Å². The van der Waals surface area contributed by atoms with Crippen molar-refractivity contribution in [3.63, 3.8) is 0 Å². The van der Waals surface area contributed by atoms with E-state index in [1.165, 1.54) is 12.8 Å². The first-order valence-corrected chi connectivity index (χ1v) is 9.31. The van der Waals surface area contributed by atoms with Gasteiger partial charge < -0.3 is 14.8 Å². The number of aromatic nitrogens is 2. The largest absolute Gasteiger partial charge is 0.337 e. The van der Waals surface area contributed by atoms with Crippen LogP contribution in [0, 0.1) is 0 Å². The number of hydrogen-bond donors (Lipinski definition) is 1. The summed E-state index contributed by atoms with van der Waals surface area (Å²) in [5.41, 5.74) is 0. The third kappa shape index (κ3) is 4.54. The molecular formula is C18H32ClN5O. The Bertz CT molecular complexity index is 555. The number of carbonyl (C=O) groups is 1. The Morgan fingerprint density at radius 2 is 2.12 bits per heavy atom. The van der Waals surface area contributed by atoms with Crippen LogP contribution in [0.3, 0.4) is 0 Å². The fraction of sp³-hybridized carbons (Fsp3) is 0.778. The van der Waals surface area contributed by atoms with Crippen molar-refractivity contribution in [2.24, 2.45) is 7.05 Å². The monoisotopic (exact) mass is 369 g/mol. The maximum absolute atomic E-state index is 13.1. The van der Waals surface area contributed by atoms with Crippen molar-refractivity contribution in [2.45, 2.75) is 57.7 Å². The van der Waals surface area contributed by atoms with Crippen LogP contribution in [0.5, 0.6) is 0 Å². The molecule has 0 spiro atoms. The Hall–Kier alpha value is -1.11. The second-order valence-corrected chi connectivity index (χ2v) is 7.42. The van der Waals surface area contributed by atoms with Gasteiger partial charge in [-0.15, -0.1) is 12.4 Å². The van der Waals surface area contributed by atoms with E-state index in [0.717, 1.165) is 38.3 Å². The molecule has 6 nitrogen and oxygen atoms in total. The topological polar surface area (TPSA) is 53.4 Å². The van der Waals surface area contributed by atoms with Gasteiger partial charge in [-0.25, -0.2) is 4.98 Å². The fourth-order valence-electron chi connectivity index (χ4n) is 4.24. The number of hydrogen-bond acceptors (Lipinski definition) is 4. The predicted molar refractivity (Wildman–Crippen MR) is 102 cm³/mol. The first-order valence-electron chi connectivity index (χ1n) is 9.31. The normalized spacial score (nSPS) is 22.2. The van der Waals surface area contributed by atoms with E-state index >= 15 is 0 Å². The van der Waals surface area contributed by atoms with Crippen LogP contribution in [0.4, 0.5) is 0 Å². The third-order valence-electron chi connectivity index (χ3n) is 5.41. The summed E-state index contributed by atoms with van der Waals surface area (Å²) in [6.45, 7) is 7.45. The van der Waals surface area contributed by atoms with Crippen molar-refractivity contribution in [2.75, 3.05) is 26.2 Å². The minimum atomic E-state index is 0. The summed E-state index contributed by atoms with van der Waals surface area (Å²) in [6, 6.07) is 0.877. The van der Waals surface area contributed by atoms with Gasteiger partial charge in [0, 0.05) is 51.2 Å². The average molecular weight is 370 g/mol. The minimum Gasteiger partial charge on any atom is -0.337 e. The predicted octanol–water partition coefficient (Wildman–Crippen LogP) is 1.97. The highest BCUT2D eigenvalue weighted by atomic mass is 35.5. The Morgan fingerprint density at radius 1 is 1.40 bits per heavy atom. The van der Waals surface area contributed by atoms with Gasteiger partial charge in [-0.3, -0.25) is 9.69 Å².